The van der Waals surface area contributed by atoms with Crippen molar-refractivity contribution in [1.82, 2.24) is 15.5 Å². The lowest BCUT2D eigenvalue weighted by Crippen LogP contribution is -2.50. The minimum absolute atomic E-state index is 0.204. The molecule has 0 aromatic rings. The largest absolute Gasteiger partial charge is 0.481 e. The van der Waals surface area contributed by atoms with Gasteiger partial charge in [0, 0.05) is 25.2 Å². The molecule has 6 nitrogen and oxygen atoms in total. The van der Waals surface area contributed by atoms with Gasteiger partial charge in [-0.3, -0.25) is 9.69 Å². The molecule has 120 valence electrons. The second-order valence-electron chi connectivity index (χ2n) is 6.17. The minimum atomic E-state index is -0.837. The molecular formula is C15H27N3O3. The summed E-state index contributed by atoms with van der Waals surface area (Å²) in [5, 5.41) is 14.8. The minimum Gasteiger partial charge on any atom is -0.481 e. The van der Waals surface area contributed by atoms with Gasteiger partial charge in [-0.15, -0.1) is 0 Å². The fraction of sp³-hybridized carbons (Fsp3) is 0.867. The van der Waals surface area contributed by atoms with Gasteiger partial charge in [0.05, 0.1) is 5.92 Å². The summed E-state index contributed by atoms with van der Waals surface area (Å²) in [6.45, 7) is 4.35. The molecule has 0 saturated carbocycles. The highest BCUT2D eigenvalue weighted by Crippen LogP contribution is 2.26. The maximum Gasteiger partial charge on any atom is 0.315 e. The van der Waals surface area contributed by atoms with Crippen LogP contribution in [0.2, 0.25) is 0 Å². The molecule has 0 aromatic carbocycles. The Kier molecular flexibility index (Phi) is 5.85. The Labute approximate surface area is 126 Å². The van der Waals surface area contributed by atoms with Gasteiger partial charge in [-0.05, 0) is 32.2 Å². The van der Waals surface area contributed by atoms with E-state index in [4.69, 9.17) is 5.11 Å². The van der Waals surface area contributed by atoms with E-state index in [2.05, 4.69) is 15.5 Å². The van der Waals surface area contributed by atoms with Crippen molar-refractivity contribution in [2.45, 2.75) is 57.5 Å². The molecule has 0 radical (unpaired) electrons. The first-order valence-corrected chi connectivity index (χ1v) is 8.13. The number of hydrogen-bond donors (Lipinski definition) is 3. The van der Waals surface area contributed by atoms with E-state index in [0.29, 0.717) is 12.5 Å². The van der Waals surface area contributed by atoms with Crippen LogP contribution in [0, 0.1) is 5.92 Å². The van der Waals surface area contributed by atoms with Crippen LogP contribution in [0.15, 0.2) is 0 Å². The summed E-state index contributed by atoms with van der Waals surface area (Å²) in [6.07, 6.45) is 6.04. The van der Waals surface area contributed by atoms with Gasteiger partial charge in [-0.25, -0.2) is 4.79 Å². The number of carboxylic acids is 1. The molecule has 2 fully saturated rings. The number of rotatable bonds is 6. The first-order chi connectivity index (χ1) is 10.1. The summed E-state index contributed by atoms with van der Waals surface area (Å²) in [5.41, 5.74) is 0. The number of carboxylic acid groups (broad SMARTS) is 1. The number of nitrogens with zero attached hydrogens (tertiary/aromatic N) is 1. The van der Waals surface area contributed by atoms with Crippen molar-refractivity contribution >= 4 is 12.0 Å². The third kappa shape index (κ3) is 4.33. The van der Waals surface area contributed by atoms with E-state index < -0.39 is 11.9 Å². The van der Waals surface area contributed by atoms with Crippen LogP contribution in [0.25, 0.3) is 0 Å². The van der Waals surface area contributed by atoms with E-state index in [-0.39, 0.29) is 18.6 Å². The number of hydrogen-bond acceptors (Lipinski definition) is 3. The Morgan fingerprint density at radius 1 is 1.29 bits per heavy atom. The molecule has 3 atom stereocenters. The Morgan fingerprint density at radius 2 is 2.10 bits per heavy atom. The summed E-state index contributed by atoms with van der Waals surface area (Å²) < 4.78 is 0. The van der Waals surface area contributed by atoms with Gasteiger partial charge in [0.25, 0.3) is 0 Å². The average molecular weight is 297 g/mol. The number of amides is 2. The van der Waals surface area contributed by atoms with Crippen LogP contribution in [0.5, 0.6) is 0 Å². The maximum atomic E-state index is 12.0. The predicted octanol–water partition coefficient (Wildman–Crippen LogP) is 1.41. The molecule has 0 bridgehead atoms. The maximum absolute atomic E-state index is 12.0. The molecule has 2 rings (SSSR count). The van der Waals surface area contributed by atoms with Crippen LogP contribution >= 0.6 is 0 Å². The molecule has 3 N–H and O–H groups in total. The van der Waals surface area contributed by atoms with E-state index in [9.17, 15) is 9.59 Å². The highest BCUT2D eigenvalue weighted by molar-refractivity contribution is 5.76. The van der Waals surface area contributed by atoms with Gasteiger partial charge in [0.1, 0.15) is 0 Å². The Balaban J connectivity index is 1.75. The molecule has 0 spiro atoms. The third-order valence-corrected chi connectivity index (χ3v) is 4.67. The van der Waals surface area contributed by atoms with Gasteiger partial charge in [0.15, 0.2) is 0 Å². The zero-order chi connectivity index (χ0) is 15.2. The SMILES string of the molecule is CCCC(CNC(=O)NC1CCN2CCCCC12)C(=O)O. The van der Waals surface area contributed by atoms with Crippen molar-refractivity contribution in [3.8, 4) is 0 Å². The van der Waals surface area contributed by atoms with Gasteiger partial charge >= 0.3 is 12.0 Å². The number of nitrogens with one attached hydrogen (secondary N) is 2. The van der Waals surface area contributed by atoms with Crippen molar-refractivity contribution in [1.29, 1.82) is 0 Å². The van der Waals surface area contributed by atoms with E-state index >= 15 is 0 Å². The monoisotopic (exact) mass is 297 g/mol. The van der Waals surface area contributed by atoms with E-state index in [1.165, 1.54) is 12.8 Å². The molecular weight excluding hydrogens is 270 g/mol. The first kappa shape index (κ1) is 16.1. The molecule has 0 aromatic heterocycles. The van der Waals surface area contributed by atoms with Crippen LogP contribution in [-0.4, -0.2) is 53.7 Å². The first-order valence-electron chi connectivity index (χ1n) is 8.13. The molecule has 2 aliphatic rings. The van der Waals surface area contributed by atoms with Crippen LogP contribution < -0.4 is 10.6 Å². The topological polar surface area (TPSA) is 81.7 Å². The van der Waals surface area contributed by atoms with Crippen LogP contribution in [0.4, 0.5) is 4.79 Å². The second-order valence-corrected chi connectivity index (χ2v) is 6.17. The lowest BCUT2D eigenvalue weighted by Gasteiger charge is -2.32. The summed E-state index contributed by atoms with van der Waals surface area (Å²) >= 11 is 0. The van der Waals surface area contributed by atoms with Crippen molar-refractivity contribution in [3.63, 3.8) is 0 Å². The van der Waals surface area contributed by atoms with Crippen molar-refractivity contribution in [2.75, 3.05) is 19.6 Å². The highest BCUT2D eigenvalue weighted by Gasteiger charge is 2.36. The number of fused-ring (bicyclic) bond motifs is 1. The van der Waals surface area contributed by atoms with Crippen LogP contribution in [0.1, 0.15) is 45.4 Å². The number of urea groups is 1. The van der Waals surface area contributed by atoms with Crippen molar-refractivity contribution < 1.29 is 14.7 Å². The lowest BCUT2D eigenvalue weighted by atomic mass is 9.99. The van der Waals surface area contributed by atoms with Crippen LogP contribution in [0.3, 0.4) is 0 Å². The van der Waals surface area contributed by atoms with Crippen molar-refractivity contribution in [3.05, 3.63) is 0 Å². The number of carbonyl (C=O) groups excluding carboxylic acids is 1. The summed E-state index contributed by atoms with van der Waals surface area (Å²) in [7, 11) is 0. The molecule has 3 unspecified atom stereocenters. The zero-order valence-corrected chi connectivity index (χ0v) is 12.8. The quantitative estimate of drug-likeness (QED) is 0.692. The Bertz CT molecular complexity index is 375. The smallest absolute Gasteiger partial charge is 0.315 e. The van der Waals surface area contributed by atoms with Gasteiger partial charge < -0.3 is 15.7 Å². The molecule has 2 saturated heterocycles. The molecule has 21 heavy (non-hydrogen) atoms. The fourth-order valence-electron chi connectivity index (χ4n) is 3.51. The Hall–Kier alpha value is -1.30. The normalized spacial score (nSPS) is 26.9. The summed E-state index contributed by atoms with van der Waals surface area (Å²) in [6, 6.07) is 0.449. The zero-order valence-electron chi connectivity index (χ0n) is 12.8. The summed E-state index contributed by atoms with van der Waals surface area (Å²) in [5.74, 6) is -1.33. The van der Waals surface area contributed by atoms with Gasteiger partial charge in [0.2, 0.25) is 0 Å². The number of aliphatic carboxylic acids is 1. The van der Waals surface area contributed by atoms with Crippen molar-refractivity contribution in [2.24, 2.45) is 5.92 Å². The molecule has 6 heteroatoms. The second kappa shape index (κ2) is 7.64. The van der Waals surface area contributed by atoms with E-state index in [1.54, 1.807) is 0 Å². The third-order valence-electron chi connectivity index (χ3n) is 4.67. The molecule has 2 aliphatic heterocycles. The number of carbonyl (C=O) groups is 2. The average Bonchev–Trinajstić information content (AvgIpc) is 2.86. The van der Waals surface area contributed by atoms with Crippen LogP contribution in [-0.2, 0) is 4.79 Å². The van der Waals surface area contributed by atoms with E-state index in [0.717, 1.165) is 32.4 Å². The summed E-state index contributed by atoms with van der Waals surface area (Å²) in [4.78, 5) is 25.5. The van der Waals surface area contributed by atoms with E-state index in [1.807, 2.05) is 6.92 Å². The predicted molar refractivity (Wildman–Crippen MR) is 80.2 cm³/mol. The molecule has 2 amide bonds. The molecule has 2 heterocycles. The number of piperidine rings is 1. The lowest BCUT2D eigenvalue weighted by molar-refractivity contribution is -0.141. The Morgan fingerprint density at radius 3 is 2.81 bits per heavy atom. The highest BCUT2D eigenvalue weighted by atomic mass is 16.4. The van der Waals surface area contributed by atoms with Gasteiger partial charge in [-0.1, -0.05) is 19.8 Å². The van der Waals surface area contributed by atoms with Gasteiger partial charge in [-0.2, -0.15) is 0 Å². The molecule has 0 aliphatic carbocycles. The standard InChI is InChI=1S/C15H27N3O3/c1-2-5-11(14(19)20)10-16-15(21)17-12-7-9-18-8-4-3-6-13(12)18/h11-13H,2-10H2,1H3,(H,19,20)(H2,16,17,21). The fourth-order valence-corrected chi connectivity index (χ4v) is 3.51.